The molecule has 2 aromatic rings. The van der Waals surface area contributed by atoms with Crippen LogP contribution in [0.4, 0.5) is 5.69 Å². The summed E-state index contributed by atoms with van der Waals surface area (Å²) in [5.41, 5.74) is 0.242. The lowest BCUT2D eigenvalue weighted by atomic mass is 10.1. The summed E-state index contributed by atoms with van der Waals surface area (Å²) in [4.78, 5) is 12.1. The van der Waals surface area contributed by atoms with Gasteiger partial charge in [0.15, 0.2) is 0 Å². The number of fused-ring (bicyclic) bond motifs is 1. The van der Waals surface area contributed by atoms with Gasteiger partial charge in [0.05, 0.1) is 12.8 Å². The Kier molecular flexibility index (Phi) is 8.10. The largest absolute Gasteiger partial charge is 0.325 e. The number of anilines is 1. The number of amides is 1. The van der Waals surface area contributed by atoms with Crippen LogP contribution in [0, 0.1) is 5.92 Å². The molecular formula is C18H27NO4S. The van der Waals surface area contributed by atoms with E-state index in [2.05, 4.69) is 9.50 Å². The predicted molar refractivity (Wildman–Crippen MR) is 99.7 cm³/mol. The Bertz CT molecular complexity index is 800. The molecule has 134 valence electrons. The van der Waals surface area contributed by atoms with Crippen molar-refractivity contribution in [2.24, 2.45) is 5.92 Å². The first-order chi connectivity index (χ1) is 10.4. The molecule has 1 unspecified atom stereocenters. The van der Waals surface area contributed by atoms with Gasteiger partial charge in [0.2, 0.25) is 5.91 Å². The number of nitrogens with one attached hydrogen (secondary N) is 1. The lowest BCUT2D eigenvalue weighted by Crippen LogP contribution is -2.21. The maximum absolute atomic E-state index is 12.3. The zero-order valence-corrected chi connectivity index (χ0v) is 13.6. The first-order valence-electron chi connectivity index (χ1n) is 7.04. The summed E-state index contributed by atoms with van der Waals surface area (Å²) in [5.74, 6) is -0.421. The molecular weight excluding hydrogens is 326 g/mol. The van der Waals surface area contributed by atoms with Crippen molar-refractivity contribution < 1.29 is 17.4 Å². The minimum Gasteiger partial charge on any atom is -0.325 e. The van der Waals surface area contributed by atoms with Crippen LogP contribution in [0.15, 0.2) is 41.3 Å². The zero-order chi connectivity index (χ0) is 16.3. The lowest BCUT2D eigenvalue weighted by Gasteiger charge is -2.15. The van der Waals surface area contributed by atoms with Crippen LogP contribution in [-0.2, 0) is 19.1 Å². The van der Waals surface area contributed by atoms with Crippen molar-refractivity contribution in [1.82, 2.24) is 0 Å². The Morgan fingerprint density at radius 3 is 2.38 bits per heavy atom. The molecule has 0 spiro atoms. The quantitative estimate of drug-likeness (QED) is 0.807. The molecule has 2 rings (SSSR count). The molecule has 1 N–H and O–H groups in total. The Hall–Kier alpha value is -1.92. The third kappa shape index (κ3) is 4.33. The van der Waals surface area contributed by atoms with Gasteiger partial charge in [-0.15, -0.1) is 0 Å². The van der Waals surface area contributed by atoms with E-state index < -0.39 is 10.1 Å². The van der Waals surface area contributed by atoms with Gasteiger partial charge in [-0.3, -0.25) is 8.98 Å². The van der Waals surface area contributed by atoms with E-state index in [0.29, 0.717) is 11.8 Å². The normalized spacial score (nSPS) is 12.0. The minimum atomic E-state index is -3.95. The summed E-state index contributed by atoms with van der Waals surface area (Å²) in [6.45, 7) is 3.69. The molecule has 0 fully saturated rings. The van der Waals surface area contributed by atoms with Gasteiger partial charge < -0.3 is 5.32 Å². The van der Waals surface area contributed by atoms with Crippen molar-refractivity contribution >= 4 is 32.5 Å². The topological polar surface area (TPSA) is 72.5 Å². The molecule has 0 radical (unpaired) electrons. The third-order valence-corrected chi connectivity index (χ3v) is 5.05. The molecule has 0 heterocycles. The standard InChI is InChI=1S/C16H19NO4S.2CH4/c1-4-11(2)16(18)17-14-10-9-12-7-5-6-8-13(12)15(14)22(19,20)21-3;;/h5-11H,4H2,1-3H3,(H,17,18);2*1H4. The van der Waals surface area contributed by atoms with Crippen LogP contribution >= 0.6 is 0 Å². The van der Waals surface area contributed by atoms with E-state index in [4.69, 9.17) is 0 Å². The summed E-state index contributed by atoms with van der Waals surface area (Å²) in [6, 6.07) is 10.4. The van der Waals surface area contributed by atoms with Crippen LogP contribution in [0.1, 0.15) is 35.1 Å². The second kappa shape index (κ2) is 8.80. The van der Waals surface area contributed by atoms with E-state index in [9.17, 15) is 13.2 Å². The Balaban J connectivity index is 0.00000264. The van der Waals surface area contributed by atoms with Gasteiger partial charge in [0.1, 0.15) is 4.90 Å². The highest BCUT2D eigenvalue weighted by Gasteiger charge is 2.23. The first-order valence-corrected chi connectivity index (χ1v) is 8.44. The van der Waals surface area contributed by atoms with Crippen molar-refractivity contribution in [3.63, 3.8) is 0 Å². The number of hydrogen-bond donors (Lipinski definition) is 1. The SMILES string of the molecule is C.C.CCC(C)C(=O)Nc1ccc2ccccc2c1S(=O)(=O)OC. The fourth-order valence-corrected chi connectivity index (χ4v) is 3.15. The average molecular weight is 353 g/mol. The number of rotatable bonds is 5. The monoisotopic (exact) mass is 353 g/mol. The molecule has 6 heteroatoms. The molecule has 0 aliphatic heterocycles. The van der Waals surface area contributed by atoms with E-state index in [1.54, 1.807) is 31.2 Å². The molecule has 0 aliphatic carbocycles. The summed E-state index contributed by atoms with van der Waals surface area (Å²) >= 11 is 0. The first kappa shape index (κ1) is 22.1. The highest BCUT2D eigenvalue weighted by atomic mass is 32.2. The van der Waals surface area contributed by atoms with E-state index in [1.165, 1.54) is 0 Å². The molecule has 2 aromatic carbocycles. The van der Waals surface area contributed by atoms with Crippen LogP contribution in [0.25, 0.3) is 10.8 Å². The second-order valence-corrected chi connectivity index (χ2v) is 6.73. The number of hydrogen-bond acceptors (Lipinski definition) is 4. The average Bonchev–Trinajstić information content (AvgIpc) is 2.53. The summed E-state index contributed by atoms with van der Waals surface area (Å²) in [5, 5.41) is 3.98. The van der Waals surface area contributed by atoms with Gasteiger partial charge in [0, 0.05) is 11.3 Å². The highest BCUT2D eigenvalue weighted by molar-refractivity contribution is 7.87. The zero-order valence-electron chi connectivity index (χ0n) is 12.8. The van der Waals surface area contributed by atoms with E-state index >= 15 is 0 Å². The van der Waals surface area contributed by atoms with Crippen molar-refractivity contribution in [3.8, 4) is 0 Å². The molecule has 5 nitrogen and oxygen atoms in total. The van der Waals surface area contributed by atoms with Gasteiger partial charge >= 0.3 is 0 Å². The lowest BCUT2D eigenvalue weighted by molar-refractivity contribution is -0.119. The predicted octanol–water partition coefficient (Wildman–Crippen LogP) is 4.43. The van der Waals surface area contributed by atoms with Crippen LogP contribution in [-0.4, -0.2) is 21.4 Å². The smallest absolute Gasteiger partial charge is 0.299 e. The molecule has 1 amide bonds. The third-order valence-electron chi connectivity index (χ3n) is 3.67. The van der Waals surface area contributed by atoms with Crippen LogP contribution < -0.4 is 5.32 Å². The van der Waals surface area contributed by atoms with Crippen molar-refractivity contribution in [3.05, 3.63) is 36.4 Å². The van der Waals surface area contributed by atoms with Crippen LogP contribution in [0.2, 0.25) is 0 Å². The molecule has 0 aromatic heterocycles. The Morgan fingerprint density at radius 2 is 1.79 bits per heavy atom. The van der Waals surface area contributed by atoms with Crippen molar-refractivity contribution in [2.45, 2.75) is 40.0 Å². The van der Waals surface area contributed by atoms with Crippen LogP contribution in [0.5, 0.6) is 0 Å². The molecule has 0 saturated carbocycles. The van der Waals surface area contributed by atoms with E-state index in [0.717, 1.165) is 12.5 Å². The number of benzene rings is 2. The molecule has 24 heavy (non-hydrogen) atoms. The molecule has 1 atom stereocenters. The maximum atomic E-state index is 12.3. The molecule has 0 aliphatic rings. The van der Waals surface area contributed by atoms with Gasteiger partial charge in [-0.2, -0.15) is 8.42 Å². The maximum Gasteiger partial charge on any atom is 0.299 e. The second-order valence-electron chi connectivity index (χ2n) is 5.08. The van der Waals surface area contributed by atoms with E-state index in [1.807, 2.05) is 19.1 Å². The minimum absolute atomic E-state index is 0. The van der Waals surface area contributed by atoms with Crippen molar-refractivity contribution in [1.29, 1.82) is 0 Å². The summed E-state index contributed by atoms with van der Waals surface area (Å²) < 4.78 is 29.2. The summed E-state index contributed by atoms with van der Waals surface area (Å²) in [6.07, 6.45) is 0.672. The molecule has 0 bridgehead atoms. The van der Waals surface area contributed by atoms with Gasteiger partial charge in [-0.1, -0.05) is 59.0 Å². The van der Waals surface area contributed by atoms with E-state index in [-0.39, 0.29) is 37.3 Å². The number of carbonyl (C=O) groups excluding carboxylic acids is 1. The van der Waals surface area contributed by atoms with Crippen molar-refractivity contribution in [2.75, 3.05) is 12.4 Å². The highest BCUT2D eigenvalue weighted by Crippen LogP contribution is 2.32. The number of carbonyl (C=O) groups is 1. The van der Waals surface area contributed by atoms with Crippen LogP contribution in [0.3, 0.4) is 0 Å². The molecule has 0 saturated heterocycles. The Morgan fingerprint density at radius 1 is 1.17 bits per heavy atom. The van der Waals surface area contributed by atoms with Gasteiger partial charge in [-0.25, -0.2) is 0 Å². The van der Waals surface area contributed by atoms with Gasteiger partial charge in [-0.05, 0) is 17.9 Å². The fraction of sp³-hybridized carbons (Fsp3) is 0.389. The van der Waals surface area contributed by atoms with Gasteiger partial charge in [0.25, 0.3) is 10.1 Å². The Labute approximate surface area is 145 Å². The fourth-order valence-electron chi connectivity index (χ4n) is 2.14. The summed E-state index contributed by atoms with van der Waals surface area (Å²) in [7, 11) is -2.84.